The first-order valence-corrected chi connectivity index (χ1v) is 8.77. The van der Waals surface area contributed by atoms with Gasteiger partial charge in [0.25, 0.3) is 0 Å². The van der Waals surface area contributed by atoms with Crippen molar-refractivity contribution in [2.45, 2.75) is 45.1 Å². The largest absolute Gasteiger partial charge is 0.342 e. The molecule has 0 saturated carbocycles. The highest BCUT2D eigenvalue weighted by Crippen LogP contribution is 2.29. The molecule has 0 radical (unpaired) electrons. The number of nitrogens with zero attached hydrogens (tertiary/aromatic N) is 4. The number of amides is 1. The second-order valence-corrected chi connectivity index (χ2v) is 6.77. The van der Waals surface area contributed by atoms with Gasteiger partial charge < -0.3 is 4.90 Å². The molecule has 2 aromatic rings. The predicted octanol–water partition coefficient (Wildman–Crippen LogP) is 2.83. The van der Waals surface area contributed by atoms with Crippen molar-refractivity contribution in [3.8, 4) is 0 Å². The minimum Gasteiger partial charge on any atom is -0.342 e. The predicted molar refractivity (Wildman–Crippen MR) is 86.9 cm³/mol. The Kier molecular flexibility index (Phi) is 4.87. The minimum atomic E-state index is 0.269. The molecule has 1 aliphatic rings. The van der Waals surface area contributed by atoms with Gasteiger partial charge in [-0.2, -0.15) is 5.10 Å². The summed E-state index contributed by atoms with van der Waals surface area (Å²) in [6.07, 6.45) is 7.37. The molecule has 1 atom stereocenters. The molecule has 0 aliphatic carbocycles. The van der Waals surface area contributed by atoms with Gasteiger partial charge >= 0.3 is 0 Å². The number of carbonyl (C=O) groups is 1. The Bertz CT molecular complexity index is 607. The van der Waals surface area contributed by atoms with E-state index in [0.29, 0.717) is 12.3 Å². The Balaban J connectivity index is 1.49. The lowest BCUT2D eigenvalue weighted by atomic mass is 9.98. The fourth-order valence-electron chi connectivity index (χ4n) is 2.95. The SMILES string of the molecule is Cc1csc(C2CCCN(C(=O)CCCn3cccn3)C2)n1. The third-order valence-electron chi connectivity index (χ3n) is 4.10. The minimum absolute atomic E-state index is 0.269. The van der Waals surface area contributed by atoms with Crippen LogP contribution in [0.25, 0.3) is 0 Å². The highest BCUT2D eigenvalue weighted by atomic mass is 32.1. The molecule has 2 aromatic heterocycles. The molecule has 3 heterocycles. The molecule has 1 fully saturated rings. The van der Waals surface area contributed by atoms with Crippen molar-refractivity contribution in [1.82, 2.24) is 19.7 Å². The van der Waals surface area contributed by atoms with Gasteiger partial charge in [-0.25, -0.2) is 4.98 Å². The van der Waals surface area contributed by atoms with Crippen LogP contribution in [0, 0.1) is 6.92 Å². The van der Waals surface area contributed by atoms with Crippen molar-refractivity contribution in [2.24, 2.45) is 0 Å². The van der Waals surface area contributed by atoms with E-state index in [-0.39, 0.29) is 5.91 Å². The smallest absolute Gasteiger partial charge is 0.222 e. The van der Waals surface area contributed by atoms with E-state index in [1.54, 1.807) is 17.5 Å². The molecule has 118 valence electrons. The molecule has 0 spiro atoms. The van der Waals surface area contributed by atoms with Crippen LogP contribution in [-0.4, -0.2) is 38.7 Å². The van der Waals surface area contributed by atoms with E-state index < -0.39 is 0 Å². The molecule has 3 rings (SSSR count). The zero-order valence-electron chi connectivity index (χ0n) is 12.9. The van der Waals surface area contributed by atoms with Crippen LogP contribution < -0.4 is 0 Å². The van der Waals surface area contributed by atoms with Crippen molar-refractivity contribution in [1.29, 1.82) is 0 Å². The number of aromatic nitrogens is 3. The number of carbonyl (C=O) groups excluding carboxylic acids is 1. The maximum atomic E-state index is 12.4. The van der Waals surface area contributed by atoms with E-state index in [9.17, 15) is 4.79 Å². The van der Waals surface area contributed by atoms with Crippen LogP contribution in [0.3, 0.4) is 0 Å². The van der Waals surface area contributed by atoms with E-state index >= 15 is 0 Å². The Labute approximate surface area is 135 Å². The lowest BCUT2D eigenvalue weighted by Crippen LogP contribution is -2.39. The van der Waals surface area contributed by atoms with Gasteiger partial charge in [0.15, 0.2) is 0 Å². The molecule has 1 amide bonds. The van der Waals surface area contributed by atoms with Gasteiger partial charge in [0.1, 0.15) is 0 Å². The lowest BCUT2D eigenvalue weighted by Gasteiger charge is -2.32. The molecule has 1 aliphatic heterocycles. The number of likely N-dealkylation sites (tertiary alicyclic amines) is 1. The number of hydrogen-bond acceptors (Lipinski definition) is 4. The summed E-state index contributed by atoms with van der Waals surface area (Å²) in [5, 5.41) is 7.45. The molecule has 6 heteroatoms. The normalized spacial score (nSPS) is 18.6. The fraction of sp³-hybridized carbons (Fsp3) is 0.562. The highest BCUT2D eigenvalue weighted by molar-refractivity contribution is 7.09. The monoisotopic (exact) mass is 318 g/mol. The van der Waals surface area contributed by atoms with Crippen LogP contribution in [0.1, 0.15) is 42.3 Å². The second-order valence-electron chi connectivity index (χ2n) is 5.88. The molecule has 5 nitrogen and oxygen atoms in total. The first kappa shape index (κ1) is 15.2. The van der Waals surface area contributed by atoms with Crippen LogP contribution in [0.5, 0.6) is 0 Å². The number of aryl methyl sites for hydroxylation is 2. The Morgan fingerprint density at radius 1 is 1.50 bits per heavy atom. The summed E-state index contributed by atoms with van der Waals surface area (Å²) in [6, 6.07) is 1.91. The van der Waals surface area contributed by atoms with E-state index in [1.165, 1.54) is 5.01 Å². The van der Waals surface area contributed by atoms with Crippen molar-refractivity contribution < 1.29 is 4.79 Å². The maximum absolute atomic E-state index is 12.4. The van der Waals surface area contributed by atoms with E-state index in [4.69, 9.17) is 0 Å². The van der Waals surface area contributed by atoms with E-state index in [1.807, 2.05) is 28.8 Å². The van der Waals surface area contributed by atoms with Crippen LogP contribution in [0.15, 0.2) is 23.8 Å². The van der Waals surface area contributed by atoms with Crippen LogP contribution in [0.4, 0.5) is 0 Å². The summed E-state index contributed by atoms with van der Waals surface area (Å²) >= 11 is 1.73. The number of thiazole rings is 1. The van der Waals surface area contributed by atoms with Gasteiger partial charge in [0, 0.05) is 55.4 Å². The molecule has 0 N–H and O–H groups in total. The van der Waals surface area contributed by atoms with Crippen molar-refractivity contribution in [2.75, 3.05) is 13.1 Å². The number of hydrogen-bond donors (Lipinski definition) is 0. The van der Waals surface area contributed by atoms with E-state index in [0.717, 1.165) is 44.6 Å². The summed E-state index contributed by atoms with van der Waals surface area (Å²) in [6.45, 7) is 4.55. The first-order valence-electron chi connectivity index (χ1n) is 7.89. The number of piperidine rings is 1. The third-order valence-corrected chi connectivity index (χ3v) is 5.22. The van der Waals surface area contributed by atoms with Crippen molar-refractivity contribution in [3.05, 3.63) is 34.5 Å². The molecule has 1 saturated heterocycles. The Morgan fingerprint density at radius 3 is 3.14 bits per heavy atom. The van der Waals surface area contributed by atoms with Gasteiger partial charge in [0.2, 0.25) is 5.91 Å². The van der Waals surface area contributed by atoms with Gasteiger partial charge in [-0.3, -0.25) is 9.48 Å². The molecule has 0 aromatic carbocycles. The molecular formula is C16H22N4OS. The average Bonchev–Trinajstić information content (AvgIpc) is 3.19. The van der Waals surface area contributed by atoms with Crippen molar-refractivity contribution >= 4 is 17.2 Å². The summed E-state index contributed by atoms with van der Waals surface area (Å²) in [5.74, 6) is 0.688. The van der Waals surface area contributed by atoms with Gasteiger partial charge in [-0.1, -0.05) is 0 Å². The first-order chi connectivity index (χ1) is 10.7. The molecule has 22 heavy (non-hydrogen) atoms. The second kappa shape index (κ2) is 7.05. The molecular weight excluding hydrogens is 296 g/mol. The lowest BCUT2D eigenvalue weighted by molar-refractivity contribution is -0.132. The zero-order valence-corrected chi connectivity index (χ0v) is 13.8. The third kappa shape index (κ3) is 3.74. The summed E-state index contributed by atoms with van der Waals surface area (Å²) in [5.41, 5.74) is 1.09. The maximum Gasteiger partial charge on any atom is 0.222 e. The number of rotatable bonds is 5. The van der Waals surface area contributed by atoms with Crippen LogP contribution >= 0.6 is 11.3 Å². The van der Waals surface area contributed by atoms with E-state index in [2.05, 4.69) is 15.5 Å². The Morgan fingerprint density at radius 2 is 2.41 bits per heavy atom. The van der Waals surface area contributed by atoms with Gasteiger partial charge in [-0.15, -0.1) is 11.3 Å². The van der Waals surface area contributed by atoms with Gasteiger partial charge in [0.05, 0.1) is 5.01 Å². The molecule has 1 unspecified atom stereocenters. The summed E-state index contributed by atoms with van der Waals surface area (Å²) in [7, 11) is 0. The highest BCUT2D eigenvalue weighted by Gasteiger charge is 2.26. The van der Waals surface area contributed by atoms with Crippen LogP contribution in [-0.2, 0) is 11.3 Å². The topological polar surface area (TPSA) is 51.0 Å². The van der Waals surface area contributed by atoms with Crippen LogP contribution in [0.2, 0.25) is 0 Å². The standard InChI is InChI=1S/C16H22N4OS/c1-13-12-22-16(18-13)14-5-2-8-19(11-14)15(21)6-3-9-20-10-4-7-17-20/h4,7,10,12,14H,2-3,5-6,8-9,11H2,1H3. The quantitative estimate of drug-likeness (QED) is 0.852. The average molecular weight is 318 g/mol. The molecule has 0 bridgehead atoms. The Hall–Kier alpha value is -1.69. The van der Waals surface area contributed by atoms with Gasteiger partial charge in [-0.05, 0) is 32.3 Å². The summed E-state index contributed by atoms with van der Waals surface area (Å²) < 4.78 is 1.88. The summed E-state index contributed by atoms with van der Waals surface area (Å²) in [4.78, 5) is 19.0. The van der Waals surface area contributed by atoms with Crippen molar-refractivity contribution in [3.63, 3.8) is 0 Å². The zero-order chi connectivity index (χ0) is 15.4. The fourth-order valence-corrected chi connectivity index (χ4v) is 3.87.